The quantitative estimate of drug-likeness (QED) is 0.468. The van der Waals surface area contributed by atoms with E-state index in [0.29, 0.717) is 9.33 Å². The van der Waals surface area contributed by atoms with Crippen LogP contribution in [0.15, 0.2) is 0 Å². The zero-order valence-electron chi connectivity index (χ0n) is 2.87. The monoisotopic (exact) mass is 219 g/mol. The first kappa shape index (κ1) is 6.31. The molecule has 0 nitrogen and oxygen atoms in total. The van der Waals surface area contributed by atoms with Gasteiger partial charge in [0.15, 0.2) is 4.66 Å². The van der Waals surface area contributed by atoms with Crippen LogP contribution in [0, 0.1) is 0 Å². The van der Waals surface area contributed by atoms with E-state index in [0.717, 1.165) is 4.66 Å². The Morgan fingerprint density at radius 2 is 2.00 bits per heavy atom. The fourth-order valence-electron chi connectivity index (χ4n) is 0. The molecule has 0 bridgehead atoms. The summed E-state index contributed by atoms with van der Waals surface area (Å²) in [6.45, 7) is 0. The third-order valence-corrected chi connectivity index (χ3v) is 5.04. The predicted octanol–water partition coefficient (Wildman–Crippen LogP) is 1.90. The minimum atomic E-state index is 0.407. The highest BCUT2D eigenvalue weighted by atomic mass is 79.9. The molecule has 0 fully saturated rings. The van der Waals surface area contributed by atoms with E-state index in [-0.39, 0.29) is 0 Å². The van der Waals surface area contributed by atoms with Crippen LogP contribution >= 0.6 is 30.7 Å². The average Bonchev–Trinajstić information content (AvgIpc) is 1.38. The molecule has 0 N–H and O–H groups in total. The summed E-state index contributed by atoms with van der Waals surface area (Å²) in [5, 5.41) is 0. The van der Waals surface area contributed by atoms with Gasteiger partial charge < -0.3 is 0 Å². The molecule has 0 saturated heterocycles. The van der Waals surface area contributed by atoms with Crippen molar-refractivity contribution in [3.63, 3.8) is 0 Å². The van der Waals surface area contributed by atoms with Gasteiger partial charge in [-0.05, 0) is 15.9 Å². The van der Waals surface area contributed by atoms with E-state index in [1.54, 1.807) is 0 Å². The van der Waals surface area contributed by atoms with Crippen molar-refractivity contribution in [3.8, 4) is 0 Å². The van der Waals surface area contributed by atoms with Gasteiger partial charge in [-0.1, -0.05) is 0 Å². The summed E-state index contributed by atoms with van der Waals surface area (Å²) in [6.07, 6.45) is 2.12. The molecule has 0 amide bonds. The van der Waals surface area contributed by atoms with Crippen molar-refractivity contribution in [2.75, 3.05) is 10.9 Å². The molecule has 0 aliphatic heterocycles. The molecule has 5 heavy (non-hydrogen) atoms. The van der Waals surface area contributed by atoms with Crippen LogP contribution in [0.2, 0.25) is 0 Å². The van der Waals surface area contributed by atoms with Crippen LogP contribution in [-0.2, 0) is 9.33 Å². The smallest absolute Gasteiger partial charge is 0.0317 e. The summed E-state index contributed by atoms with van der Waals surface area (Å²) in [6, 6.07) is 0. The SMILES string of the molecule is C[S+](Br)CBr. The molecule has 0 heterocycles. The largest absolute Gasteiger partial charge is 0.232 e. The lowest BCUT2D eigenvalue weighted by atomic mass is 11.9. The number of hydrogen-bond donors (Lipinski definition) is 0. The van der Waals surface area contributed by atoms with Crippen LogP contribution < -0.4 is 0 Å². The molecule has 1 atom stereocenters. The molecule has 0 aliphatic carbocycles. The lowest BCUT2D eigenvalue weighted by molar-refractivity contribution is 2.26. The molecule has 0 rings (SSSR count). The van der Waals surface area contributed by atoms with E-state index in [9.17, 15) is 0 Å². The Morgan fingerprint density at radius 3 is 2.00 bits per heavy atom. The Bertz CT molecular complexity index is 21.6. The second kappa shape index (κ2) is 3.50. The third kappa shape index (κ3) is 5.31. The first-order valence-corrected chi connectivity index (χ1v) is 5.88. The van der Waals surface area contributed by atoms with E-state index < -0.39 is 0 Å². The first-order valence-electron chi connectivity index (χ1n) is 1.12. The van der Waals surface area contributed by atoms with Crippen LogP contribution in [0.25, 0.3) is 0 Å². The van der Waals surface area contributed by atoms with Gasteiger partial charge in [-0.2, -0.15) is 0 Å². The highest BCUT2D eigenvalue weighted by Crippen LogP contribution is 2.02. The van der Waals surface area contributed by atoms with Gasteiger partial charge in [-0.25, -0.2) is 0 Å². The Kier molecular flexibility index (Phi) is 4.41. The number of hydrogen-bond acceptors (Lipinski definition) is 0. The normalized spacial score (nSPS) is 15.0. The molecule has 0 aromatic carbocycles. The third-order valence-electron chi connectivity index (χ3n) is 0.150. The molecule has 3 heteroatoms. The van der Waals surface area contributed by atoms with Gasteiger partial charge in [0.1, 0.15) is 6.26 Å². The van der Waals surface area contributed by atoms with Crippen molar-refractivity contribution in [1.82, 2.24) is 0 Å². The van der Waals surface area contributed by atoms with Crippen molar-refractivity contribution in [1.29, 1.82) is 0 Å². The van der Waals surface area contributed by atoms with Crippen LogP contribution in [0.3, 0.4) is 0 Å². The summed E-state index contributed by atoms with van der Waals surface area (Å²) in [5.74, 6) is 0. The summed E-state index contributed by atoms with van der Waals surface area (Å²) in [7, 11) is 0.407. The summed E-state index contributed by atoms with van der Waals surface area (Å²) >= 11 is 6.63. The Hall–Kier alpha value is 1.31. The van der Waals surface area contributed by atoms with Gasteiger partial charge in [0.25, 0.3) is 0 Å². The van der Waals surface area contributed by atoms with Crippen molar-refractivity contribution in [3.05, 3.63) is 0 Å². The second-order valence-corrected chi connectivity index (χ2v) is 6.67. The lowest BCUT2D eigenvalue weighted by Crippen LogP contribution is -1.81. The van der Waals surface area contributed by atoms with Crippen LogP contribution in [-0.4, -0.2) is 10.9 Å². The Morgan fingerprint density at radius 1 is 1.80 bits per heavy atom. The van der Waals surface area contributed by atoms with Gasteiger partial charge in [-0.3, -0.25) is 0 Å². The van der Waals surface area contributed by atoms with Crippen molar-refractivity contribution in [2.24, 2.45) is 0 Å². The summed E-state index contributed by atoms with van der Waals surface area (Å²) < 4.78 is 1.06. The van der Waals surface area contributed by atoms with Gasteiger partial charge >= 0.3 is 0 Å². The van der Waals surface area contributed by atoms with Crippen LogP contribution in [0.1, 0.15) is 0 Å². The van der Waals surface area contributed by atoms with Gasteiger partial charge in [0.05, 0.1) is 9.33 Å². The van der Waals surface area contributed by atoms with Crippen molar-refractivity contribution in [2.45, 2.75) is 0 Å². The van der Waals surface area contributed by atoms with Gasteiger partial charge in [0.2, 0.25) is 14.8 Å². The molecular formula is C2H5Br2S+. The number of alkyl halides is 1. The van der Waals surface area contributed by atoms with Gasteiger partial charge in [0, 0.05) is 0 Å². The van der Waals surface area contributed by atoms with E-state index in [2.05, 4.69) is 37.0 Å². The molecule has 0 saturated carbocycles. The maximum atomic E-state index is 3.35. The van der Waals surface area contributed by atoms with Crippen molar-refractivity contribution < 1.29 is 0 Å². The zero-order valence-corrected chi connectivity index (χ0v) is 6.86. The fourth-order valence-corrected chi connectivity index (χ4v) is 0. The van der Waals surface area contributed by atoms with Crippen LogP contribution in [0.4, 0.5) is 0 Å². The summed E-state index contributed by atoms with van der Waals surface area (Å²) in [5.41, 5.74) is 0. The first-order chi connectivity index (χ1) is 2.27. The highest BCUT2D eigenvalue weighted by molar-refractivity contribution is 9.49. The zero-order chi connectivity index (χ0) is 4.28. The Labute approximate surface area is 51.0 Å². The minimum Gasteiger partial charge on any atom is -0.0317 e. The molecule has 32 valence electrons. The fraction of sp³-hybridized carbons (Fsp3) is 1.00. The maximum Gasteiger partial charge on any atom is 0.232 e. The molecule has 0 aromatic heterocycles. The average molecular weight is 221 g/mol. The van der Waals surface area contributed by atoms with E-state index in [1.165, 1.54) is 0 Å². The minimum absolute atomic E-state index is 0.407. The summed E-state index contributed by atoms with van der Waals surface area (Å²) in [4.78, 5) is 0. The molecule has 0 aromatic rings. The molecule has 1 unspecified atom stereocenters. The lowest BCUT2D eigenvalue weighted by Gasteiger charge is -1.73. The van der Waals surface area contributed by atoms with E-state index in [4.69, 9.17) is 0 Å². The number of halogens is 2. The maximum absolute atomic E-state index is 3.35. The molecule has 0 spiro atoms. The van der Waals surface area contributed by atoms with Gasteiger partial charge in [-0.15, -0.1) is 0 Å². The highest BCUT2D eigenvalue weighted by Gasteiger charge is 1.97. The number of rotatable bonds is 1. The van der Waals surface area contributed by atoms with Crippen LogP contribution in [0.5, 0.6) is 0 Å². The predicted molar refractivity (Wildman–Crippen MR) is 36.0 cm³/mol. The molecular weight excluding hydrogens is 216 g/mol. The topological polar surface area (TPSA) is 0 Å². The second-order valence-electron chi connectivity index (χ2n) is 0.661. The Balaban J connectivity index is 2.54. The standard InChI is InChI=1S/C2H5Br2S/c1-5(4)2-3/h2H2,1H3/q+1. The molecule has 0 aliphatic rings. The molecule has 0 radical (unpaired) electrons. The van der Waals surface area contributed by atoms with E-state index in [1.807, 2.05) is 0 Å². The van der Waals surface area contributed by atoms with E-state index >= 15 is 0 Å². The van der Waals surface area contributed by atoms with Crippen molar-refractivity contribution >= 4 is 40.1 Å².